The lowest BCUT2D eigenvalue weighted by atomic mass is 10.0. The SMILES string of the molecule is CC(C)C[C@H](N)O[B]O.NC(Cc1ccc2ncccc2c1)C(=O)O. The number of pyridine rings is 1. The molecule has 1 aromatic carbocycles. The largest absolute Gasteiger partial charge is 0.486 e. The lowest BCUT2D eigenvalue weighted by Gasteiger charge is -2.12. The third-order valence-electron chi connectivity index (χ3n) is 3.38. The molecule has 0 aliphatic heterocycles. The molecule has 0 aliphatic rings. The van der Waals surface area contributed by atoms with Gasteiger partial charge in [0.25, 0.3) is 0 Å². The molecule has 0 saturated carbocycles. The van der Waals surface area contributed by atoms with E-state index < -0.39 is 12.0 Å². The molecule has 6 N–H and O–H groups in total. The van der Waals surface area contributed by atoms with Gasteiger partial charge in [0, 0.05) is 11.6 Å². The molecule has 7 nitrogen and oxygen atoms in total. The van der Waals surface area contributed by atoms with Gasteiger partial charge in [0.1, 0.15) is 6.04 Å². The summed E-state index contributed by atoms with van der Waals surface area (Å²) in [5, 5.41) is 17.8. The first-order chi connectivity index (χ1) is 11.8. The van der Waals surface area contributed by atoms with Crippen LogP contribution in [0.4, 0.5) is 0 Å². The smallest absolute Gasteiger partial charge is 0.480 e. The van der Waals surface area contributed by atoms with Gasteiger partial charge in [-0.2, -0.15) is 0 Å². The summed E-state index contributed by atoms with van der Waals surface area (Å²) in [6.07, 6.45) is 2.46. The van der Waals surface area contributed by atoms with Gasteiger partial charge in [-0.1, -0.05) is 26.0 Å². The fraction of sp³-hybridized carbons (Fsp3) is 0.412. The van der Waals surface area contributed by atoms with Crippen molar-refractivity contribution in [1.29, 1.82) is 0 Å². The molecule has 135 valence electrons. The van der Waals surface area contributed by atoms with E-state index in [0.717, 1.165) is 22.9 Å². The van der Waals surface area contributed by atoms with Gasteiger partial charge >= 0.3 is 13.7 Å². The van der Waals surface area contributed by atoms with Crippen LogP contribution in [-0.2, 0) is 15.9 Å². The Kier molecular flexibility index (Phi) is 9.08. The Morgan fingerprint density at radius 3 is 2.64 bits per heavy atom. The Balaban J connectivity index is 0.000000299. The van der Waals surface area contributed by atoms with E-state index in [4.69, 9.17) is 21.6 Å². The first kappa shape index (κ1) is 21.0. The van der Waals surface area contributed by atoms with Crippen molar-refractivity contribution in [3.8, 4) is 0 Å². The number of carboxylic acids is 1. The third kappa shape index (κ3) is 8.08. The summed E-state index contributed by atoms with van der Waals surface area (Å²) < 4.78 is 4.56. The van der Waals surface area contributed by atoms with Crippen LogP contribution in [0.1, 0.15) is 25.8 Å². The minimum absolute atomic E-state index is 0.333. The minimum Gasteiger partial charge on any atom is -0.480 e. The van der Waals surface area contributed by atoms with Crippen molar-refractivity contribution in [2.75, 3.05) is 0 Å². The summed E-state index contributed by atoms with van der Waals surface area (Å²) in [5.41, 5.74) is 12.7. The summed E-state index contributed by atoms with van der Waals surface area (Å²) in [6.45, 7) is 4.08. The van der Waals surface area contributed by atoms with Crippen molar-refractivity contribution in [2.45, 2.75) is 39.0 Å². The molecule has 1 radical (unpaired) electrons. The Labute approximate surface area is 148 Å². The highest BCUT2D eigenvalue weighted by molar-refractivity contribution is 6.15. The molecule has 8 heteroatoms. The third-order valence-corrected chi connectivity index (χ3v) is 3.38. The average molecular weight is 346 g/mol. The molecule has 0 fully saturated rings. The Morgan fingerprint density at radius 2 is 2.04 bits per heavy atom. The number of fused-ring (bicyclic) bond motifs is 1. The number of rotatable bonds is 7. The highest BCUT2D eigenvalue weighted by Crippen LogP contribution is 2.14. The van der Waals surface area contributed by atoms with Gasteiger partial charge in [-0.25, -0.2) is 0 Å². The van der Waals surface area contributed by atoms with E-state index >= 15 is 0 Å². The Morgan fingerprint density at radius 1 is 1.32 bits per heavy atom. The van der Waals surface area contributed by atoms with Gasteiger partial charge in [0.2, 0.25) is 0 Å². The second-order valence-corrected chi connectivity index (χ2v) is 6.09. The van der Waals surface area contributed by atoms with Crippen LogP contribution >= 0.6 is 0 Å². The standard InChI is InChI=1S/C12H12N2O2.C5H13BNO2/c13-10(12(15)16)7-8-3-4-11-9(6-8)2-1-5-14-11;1-4(2)3-5(7)9-6-8/h1-6,10H,7,13H2,(H,15,16);4-5,8H,3,7H2,1-2H3/t;5-/m.1/s1. The van der Waals surface area contributed by atoms with Crippen LogP contribution in [0.15, 0.2) is 36.5 Å². The zero-order chi connectivity index (χ0) is 18.8. The topological polar surface area (TPSA) is 132 Å². The molecule has 2 aromatic rings. The van der Waals surface area contributed by atoms with Crippen molar-refractivity contribution in [2.24, 2.45) is 17.4 Å². The molecule has 0 amide bonds. The number of hydrogen-bond donors (Lipinski definition) is 4. The molecule has 2 atom stereocenters. The summed E-state index contributed by atoms with van der Waals surface area (Å²) >= 11 is 0. The molecular weight excluding hydrogens is 321 g/mol. The predicted octanol–water partition coefficient (Wildman–Crippen LogP) is 1.05. The molecule has 2 rings (SSSR count). The van der Waals surface area contributed by atoms with E-state index in [1.807, 2.05) is 44.2 Å². The van der Waals surface area contributed by atoms with Gasteiger partial charge in [-0.05, 0) is 42.5 Å². The van der Waals surface area contributed by atoms with Gasteiger partial charge in [0.05, 0.1) is 11.7 Å². The number of nitrogens with zero attached hydrogens (tertiary/aromatic N) is 1. The minimum atomic E-state index is -0.980. The molecule has 0 bridgehead atoms. The van der Waals surface area contributed by atoms with Crippen LogP contribution in [0, 0.1) is 5.92 Å². The number of carboxylic acid groups (broad SMARTS) is 1. The summed E-state index contributed by atoms with van der Waals surface area (Å²) in [6, 6.07) is 8.60. The number of hydrogen-bond acceptors (Lipinski definition) is 6. The van der Waals surface area contributed by atoms with Gasteiger partial charge in [-0.3, -0.25) is 9.78 Å². The van der Waals surface area contributed by atoms with Crippen LogP contribution in [-0.4, -0.2) is 41.0 Å². The van der Waals surface area contributed by atoms with Crippen molar-refractivity contribution in [3.05, 3.63) is 42.1 Å². The second kappa shape index (κ2) is 10.8. The van der Waals surface area contributed by atoms with Crippen LogP contribution in [0.25, 0.3) is 10.9 Å². The summed E-state index contributed by atoms with van der Waals surface area (Å²) in [5.74, 6) is -0.480. The molecule has 1 unspecified atom stereocenters. The maximum Gasteiger partial charge on any atom is 0.486 e. The van der Waals surface area contributed by atoms with E-state index in [9.17, 15) is 4.79 Å². The summed E-state index contributed by atoms with van der Waals surface area (Å²) in [4.78, 5) is 14.8. The highest BCUT2D eigenvalue weighted by atomic mass is 16.5. The molecule has 0 spiro atoms. The predicted molar refractivity (Wildman–Crippen MR) is 97.5 cm³/mol. The molecule has 1 heterocycles. The molecule has 1 aromatic heterocycles. The first-order valence-corrected chi connectivity index (χ1v) is 8.02. The van der Waals surface area contributed by atoms with Crippen LogP contribution in [0.3, 0.4) is 0 Å². The second-order valence-electron chi connectivity index (χ2n) is 6.09. The van der Waals surface area contributed by atoms with E-state index in [0.29, 0.717) is 20.0 Å². The molecule has 0 saturated heterocycles. The maximum atomic E-state index is 10.6. The van der Waals surface area contributed by atoms with Gasteiger partial charge in [-0.15, -0.1) is 0 Å². The van der Waals surface area contributed by atoms with Crippen LogP contribution in [0.2, 0.25) is 0 Å². The van der Waals surface area contributed by atoms with E-state index in [-0.39, 0.29) is 6.23 Å². The van der Waals surface area contributed by atoms with Crippen LogP contribution in [0.5, 0.6) is 0 Å². The van der Waals surface area contributed by atoms with E-state index in [1.165, 1.54) is 0 Å². The van der Waals surface area contributed by atoms with Crippen LogP contribution < -0.4 is 11.5 Å². The molecular formula is C17H25BN3O4. The zero-order valence-electron chi connectivity index (χ0n) is 14.5. The van der Waals surface area contributed by atoms with Gasteiger partial charge < -0.3 is 26.3 Å². The highest BCUT2D eigenvalue weighted by Gasteiger charge is 2.12. The maximum absolute atomic E-state index is 10.6. The number of nitrogens with two attached hydrogens (primary N) is 2. The molecule has 25 heavy (non-hydrogen) atoms. The summed E-state index contributed by atoms with van der Waals surface area (Å²) in [7, 11) is 0.632. The normalized spacial score (nSPS) is 13.0. The lowest BCUT2D eigenvalue weighted by molar-refractivity contribution is -0.138. The number of benzene rings is 1. The fourth-order valence-electron chi connectivity index (χ4n) is 2.19. The van der Waals surface area contributed by atoms with Gasteiger partial charge in [0.15, 0.2) is 0 Å². The zero-order valence-corrected chi connectivity index (χ0v) is 14.5. The fourth-order valence-corrected chi connectivity index (χ4v) is 2.19. The van der Waals surface area contributed by atoms with E-state index in [2.05, 4.69) is 9.64 Å². The number of aliphatic carboxylic acids is 1. The Hall–Kier alpha value is -2.00. The Bertz CT molecular complexity index is 669. The first-order valence-electron chi connectivity index (χ1n) is 8.02. The molecule has 0 aliphatic carbocycles. The van der Waals surface area contributed by atoms with Crippen molar-refractivity contribution < 1.29 is 19.6 Å². The van der Waals surface area contributed by atoms with Crippen molar-refractivity contribution in [1.82, 2.24) is 4.98 Å². The van der Waals surface area contributed by atoms with E-state index in [1.54, 1.807) is 6.20 Å². The monoisotopic (exact) mass is 346 g/mol. The number of aromatic nitrogens is 1. The lowest BCUT2D eigenvalue weighted by Crippen LogP contribution is -2.32. The quantitative estimate of drug-likeness (QED) is 0.435. The average Bonchev–Trinajstić information content (AvgIpc) is 2.54. The van der Waals surface area contributed by atoms with Crippen molar-refractivity contribution in [3.63, 3.8) is 0 Å². The number of carbonyl (C=O) groups is 1. The van der Waals surface area contributed by atoms with Crippen molar-refractivity contribution >= 4 is 24.6 Å².